The Labute approximate surface area is 111 Å². The van der Waals surface area contributed by atoms with Gasteiger partial charge in [0.05, 0.1) is 5.52 Å². The maximum atomic E-state index is 12.5. The number of aromatic nitrogens is 2. The summed E-state index contributed by atoms with van der Waals surface area (Å²) < 4.78 is 0. The number of carbonyl (C=O) groups excluding carboxylic acids is 1. The molecule has 0 saturated carbocycles. The first-order valence-corrected chi connectivity index (χ1v) is 6.65. The van der Waals surface area contributed by atoms with Crippen molar-refractivity contribution < 1.29 is 4.79 Å². The molecule has 3 N–H and O–H groups in total. The van der Waals surface area contributed by atoms with Crippen LogP contribution in [0.4, 0.5) is 0 Å². The predicted molar refractivity (Wildman–Crippen MR) is 73.8 cm³/mol. The highest BCUT2D eigenvalue weighted by molar-refractivity contribution is 6.04. The molecule has 1 fully saturated rings. The second-order valence-electron chi connectivity index (χ2n) is 5.30. The Kier molecular flexibility index (Phi) is 2.98. The van der Waals surface area contributed by atoms with E-state index in [0.29, 0.717) is 24.7 Å². The fraction of sp³-hybridized carbons (Fsp3) is 0.429. The number of amides is 1. The van der Waals surface area contributed by atoms with Crippen LogP contribution in [0.15, 0.2) is 24.3 Å². The molecule has 2 heterocycles. The first-order chi connectivity index (χ1) is 9.16. The zero-order chi connectivity index (χ0) is 13.4. The number of nitrogens with zero attached hydrogens (tertiary/aromatic N) is 2. The van der Waals surface area contributed by atoms with Crippen molar-refractivity contribution in [3.05, 3.63) is 30.0 Å². The van der Waals surface area contributed by atoms with Gasteiger partial charge in [0.25, 0.3) is 5.91 Å². The topological polar surface area (TPSA) is 75.0 Å². The van der Waals surface area contributed by atoms with Crippen molar-refractivity contribution in [1.82, 2.24) is 15.1 Å². The molecule has 2 unspecified atom stereocenters. The lowest BCUT2D eigenvalue weighted by atomic mass is 9.94. The molecule has 2 atom stereocenters. The lowest BCUT2D eigenvalue weighted by Crippen LogP contribution is -2.48. The molecule has 0 spiro atoms. The highest BCUT2D eigenvalue weighted by Crippen LogP contribution is 2.20. The average Bonchev–Trinajstić information content (AvgIpc) is 2.85. The van der Waals surface area contributed by atoms with Gasteiger partial charge in [0.2, 0.25) is 0 Å². The smallest absolute Gasteiger partial charge is 0.275 e. The Balaban J connectivity index is 1.88. The lowest BCUT2D eigenvalue weighted by molar-refractivity contribution is 0.0660. The Morgan fingerprint density at radius 1 is 1.47 bits per heavy atom. The molecular formula is C14H18N4O. The molecule has 1 amide bonds. The van der Waals surface area contributed by atoms with Crippen LogP contribution in [0.5, 0.6) is 0 Å². The number of likely N-dealkylation sites (tertiary alicyclic amines) is 1. The van der Waals surface area contributed by atoms with Crippen LogP contribution in [0.1, 0.15) is 23.8 Å². The minimum atomic E-state index is -0.00352. The van der Waals surface area contributed by atoms with Gasteiger partial charge in [-0.3, -0.25) is 9.89 Å². The van der Waals surface area contributed by atoms with E-state index in [0.717, 1.165) is 17.3 Å². The second-order valence-corrected chi connectivity index (χ2v) is 5.30. The summed E-state index contributed by atoms with van der Waals surface area (Å²) >= 11 is 0. The van der Waals surface area contributed by atoms with E-state index >= 15 is 0 Å². The lowest BCUT2D eigenvalue weighted by Gasteiger charge is -2.34. The Morgan fingerprint density at radius 2 is 2.26 bits per heavy atom. The van der Waals surface area contributed by atoms with Crippen LogP contribution >= 0.6 is 0 Å². The van der Waals surface area contributed by atoms with Gasteiger partial charge in [-0.2, -0.15) is 5.10 Å². The maximum Gasteiger partial charge on any atom is 0.275 e. The monoisotopic (exact) mass is 258 g/mol. The van der Waals surface area contributed by atoms with Gasteiger partial charge in [-0.1, -0.05) is 25.1 Å². The number of hydrogen-bond acceptors (Lipinski definition) is 3. The first kappa shape index (κ1) is 12.2. The van der Waals surface area contributed by atoms with E-state index in [-0.39, 0.29) is 11.9 Å². The summed E-state index contributed by atoms with van der Waals surface area (Å²) in [6.45, 7) is 3.51. The minimum Gasteiger partial charge on any atom is -0.337 e. The number of nitrogens with one attached hydrogen (secondary N) is 1. The zero-order valence-corrected chi connectivity index (χ0v) is 11.0. The molecule has 1 aromatic carbocycles. The van der Waals surface area contributed by atoms with Crippen LogP contribution in [0, 0.1) is 5.92 Å². The number of benzene rings is 1. The molecule has 0 radical (unpaired) electrons. The standard InChI is InChI=1S/C14H18N4O/c1-9-8-18(7-6-11(9)15)14(19)13-10-4-2-3-5-12(10)16-17-13/h2-5,9,11H,6-8,15H2,1H3,(H,16,17). The number of piperidine rings is 1. The van der Waals surface area contributed by atoms with Crippen molar-refractivity contribution >= 4 is 16.8 Å². The predicted octanol–water partition coefficient (Wildman–Crippen LogP) is 1.37. The van der Waals surface area contributed by atoms with Crippen molar-refractivity contribution in [2.24, 2.45) is 11.7 Å². The fourth-order valence-electron chi connectivity index (χ4n) is 2.62. The van der Waals surface area contributed by atoms with Crippen molar-refractivity contribution in [3.63, 3.8) is 0 Å². The normalized spacial score (nSPS) is 23.8. The number of rotatable bonds is 1. The Bertz CT molecular complexity index is 606. The van der Waals surface area contributed by atoms with Crippen molar-refractivity contribution in [1.29, 1.82) is 0 Å². The summed E-state index contributed by atoms with van der Waals surface area (Å²) in [5, 5.41) is 7.96. The van der Waals surface area contributed by atoms with Gasteiger partial charge in [-0.15, -0.1) is 0 Å². The number of hydrogen-bond donors (Lipinski definition) is 2. The van der Waals surface area contributed by atoms with Gasteiger partial charge in [0, 0.05) is 24.5 Å². The molecule has 0 aliphatic carbocycles. The molecule has 5 nitrogen and oxygen atoms in total. The van der Waals surface area contributed by atoms with Crippen LogP contribution in [0.25, 0.3) is 10.9 Å². The SMILES string of the molecule is CC1CN(C(=O)c2n[nH]c3ccccc23)CCC1N. The van der Waals surface area contributed by atoms with Gasteiger partial charge in [0.15, 0.2) is 5.69 Å². The summed E-state index contributed by atoms with van der Waals surface area (Å²) in [4.78, 5) is 14.4. The molecule has 0 bridgehead atoms. The van der Waals surface area contributed by atoms with E-state index in [9.17, 15) is 4.79 Å². The number of fused-ring (bicyclic) bond motifs is 1. The van der Waals surface area contributed by atoms with E-state index < -0.39 is 0 Å². The van der Waals surface area contributed by atoms with Crippen LogP contribution in [-0.4, -0.2) is 40.1 Å². The first-order valence-electron chi connectivity index (χ1n) is 6.65. The molecule has 1 aliphatic rings. The highest BCUT2D eigenvalue weighted by Gasteiger charge is 2.28. The summed E-state index contributed by atoms with van der Waals surface area (Å²) in [5.41, 5.74) is 7.40. The summed E-state index contributed by atoms with van der Waals surface area (Å²) in [7, 11) is 0. The van der Waals surface area contributed by atoms with Crippen molar-refractivity contribution in [2.75, 3.05) is 13.1 Å². The van der Waals surface area contributed by atoms with E-state index in [1.54, 1.807) is 0 Å². The van der Waals surface area contributed by atoms with Crippen LogP contribution < -0.4 is 5.73 Å². The quantitative estimate of drug-likeness (QED) is 0.811. The summed E-state index contributed by atoms with van der Waals surface area (Å²) in [6, 6.07) is 7.89. The molecule has 19 heavy (non-hydrogen) atoms. The van der Waals surface area contributed by atoms with Gasteiger partial charge >= 0.3 is 0 Å². The summed E-state index contributed by atoms with van der Waals surface area (Å²) in [5.74, 6) is 0.333. The van der Waals surface area contributed by atoms with E-state index in [2.05, 4.69) is 17.1 Å². The largest absolute Gasteiger partial charge is 0.337 e. The number of para-hydroxylation sites is 1. The third kappa shape index (κ3) is 2.10. The van der Waals surface area contributed by atoms with E-state index in [1.807, 2.05) is 29.2 Å². The Morgan fingerprint density at radius 3 is 3.05 bits per heavy atom. The van der Waals surface area contributed by atoms with Gasteiger partial charge in [-0.25, -0.2) is 0 Å². The van der Waals surface area contributed by atoms with Crippen molar-refractivity contribution in [3.8, 4) is 0 Å². The number of nitrogens with two attached hydrogens (primary N) is 1. The van der Waals surface area contributed by atoms with Gasteiger partial charge < -0.3 is 10.6 Å². The minimum absolute atomic E-state index is 0.00352. The van der Waals surface area contributed by atoms with Gasteiger partial charge in [0.1, 0.15) is 0 Å². The van der Waals surface area contributed by atoms with Crippen molar-refractivity contribution in [2.45, 2.75) is 19.4 Å². The maximum absolute atomic E-state index is 12.5. The number of aromatic amines is 1. The molecule has 3 rings (SSSR count). The van der Waals surface area contributed by atoms with E-state index in [1.165, 1.54) is 0 Å². The average molecular weight is 258 g/mol. The van der Waals surface area contributed by atoms with Crippen LogP contribution in [-0.2, 0) is 0 Å². The number of H-pyrrole nitrogens is 1. The Hall–Kier alpha value is -1.88. The molecular weight excluding hydrogens is 240 g/mol. The third-order valence-electron chi connectivity index (χ3n) is 3.93. The molecule has 5 heteroatoms. The second kappa shape index (κ2) is 4.66. The van der Waals surface area contributed by atoms with Crippen LogP contribution in [0.2, 0.25) is 0 Å². The highest BCUT2D eigenvalue weighted by atomic mass is 16.2. The fourth-order valence-corrected chi connectivity index (χ4v) is 2.62. The van der Waals surface area contributed by atoms with E-state index in [4.69, 9.17) is 5.73 Å². The molecule has 1 aliphatic heterocycles. The molecule has 2 aromatic rings. The van der Waals surface area contributed by atoms with Gasteiger partial charge in [-0.05, 0) is 18.4 Å². The zero-order valence-electron chi connectivity index (χ0n) is 11.0. The summed E-state index contributed by atoms with van der Waals surface area (Å²) in [6.07, 6.45) is 0.856. The molecule has 100 valence electrons. The van der Waals surface area contributed by atoms with Crippen LogP contribution in [0.3, 0.4) is 0 Å². The molecule has 1 aromatic heterocycles. The molecule has 1 saturated heterocycles. The number of carbonyl (C=O) groups is 1. The third-order valence-corrected chi connectivity index (χ3v) is 3.93.